The predicted molar refractivity (Wildman–Crippen MR) is 248 cm³/mol. The molecule has 1 atom stereocenters. The summed E-state index contributed by atoms with van der Waals surface area (Å²) in [5.41, 5.74) is -0.530. The molecular weight excluding hydrogens is 707 g/mol. The lowest BCUT2D eigenvalue weighted by atomic mass is 10.0. The number of carbonyl (C=O) groups excluding carboxylic acids is 1. The second-order valence-electron chi connectivity index (χ2n) is 18.8. The molecule has 0 rings (SSSR count). The molecule has 0 aliphatic heterocycles. The molecule has 342 valence electrons. The smallest absolute Gasteiger partial charge is 0.407 e. The Morgan fingerprint density at radius 1 is 0.474 bits per heavy atom. The number of methoxy groups -OCH3 is 1. The molecule has 0 spiro atoms. The number of rotatable bonds is 46. The summed E-state index contributed by atoms with van der Waals surface area (Å²) in [7, 11) is 1.74. The summed E-state index contributed by atoms with van der Waals surface area (Å²) < 4.78 is 23.6. The topological polar surface area (TPSA) is 66.0 Å². The number of hydrogen-bond acceptors (Lipinski definition) is 5. The Hall–Kier alpha value is -0.850. The van der Waals surface area contributed by atoms with E-state index in [-0.39, 0.29) is 23.4 Å². The molecule has 0 aromatic rings. The second kappa shape index (κ2) is 41.9. The lowest BCUT2D eigenvalue weighted by Crippen LogP contribution is -2.35. The molecule has 0 saturated heterocycles. The van der Waals surface area contributed by atoms with Gasteiger partial charge in [-0.05, 0) is 53.4 Å². The van der Waals surface area contributed by atoms with Crippen LogP contribution >= 0.6 is 0 Å². The minimum Gasteiger partial charge on any atom is -0.447 e. The molecule has 0 aliphatic rings. The monoisotopic (exact) mass is 810 g/mol. The van der Waals surface area contributed by atoms with Gasteiger partial charge in [0.2, 0.25) is 0 Å². The van der Waals surface area contributed by atoms with Gasteiger partial charge in [0, 0.05) is 20.3 Å². The first-order chi connectivity index (χ1) is 27.7. The Bertz CT molecular complexity index is 779. The van der Waals surface area contributed by atoms with Crippen LogP contribution in [-0.2, 0) is 18.9 Å². The lowest BCUT2D eigenvalue weighted by molar-refractivity contribution is -0.0607. The van der Waals surface area contributed by atoms with Crippen molar-refractivity contribution >= 4 is 6.09 Å². The van der Waals surface area contributed by atoms with Crippen LogP contribution in [0, 0.1) is 0 Å². The van der Waals surface area contributed by atoms with Crippen LogP contribution in [0.25, 0.3) is 0 Å². The van der Waals surface area contributed by atoms with Crippen molar-refractivity contribution in [1.82, 2.24) is 5.32 Å². The third-order valence-electron chi connectivity index (χ3n) is 12.1. The van der Waals surface area contributed by atoms with Gasteiger partial charge in [-0.2, -0.15) is 0 Å². The largest absolute Gasteiger partial charge is 0.447 e. The van der Waals surface area contributed by atoms with Gasteiger partial charge in [0.25, 0.3) is 0 Å². The Labute approximate surface area is 357 Å². The van der Waals surface area contributed by atoms with Crippen molar-refractivity contribution in [2.24, 2.45) is 0 Å². The summed E-state index contributed by atoms with van der Waals surface area (Å²) >= 11 is 0. The minimum atomic E-state index is -0.357. The highest BCUT2D eigenvalue weighted by molar-refractivity contribution is 5.67. The van der Waals surface area contributed by atoms with Gasteiger partial charge in [-0.3, -0.25) is 0 Å². The Morgan fingerprint density at radius 2 is 0.842 bits per heavy atom. The third kappa shape index (κ3) is 43.1. The van der Waals surface area contributed by atoms with Crippen LogP contribution in [0.2, 0.25) is 0 Å². The first-order valence-corrected chi connectivity index (χ1v) is 25.4. The number of amides is 1. The molecule has 0 aliphatic carbocycles. The van der Waals surface area contributed by atoms with E-state index < -0.39 is 0 Å². The number of alkyl carbamates (subject to hydrolysis) is 1. The van der Waals surface area contributed by atoms with Crippen molar-refractivity contribution < 1.29 is 23.7 Å². The van der Waals surface area contributed by atoms with E-state index in [1.807, 2.05) is 0 Å². The van der Waals surface area contributed by atoms with Crippen LogP contribution < -0.4 is 5.32 Å². The van der Waals surface area contributed by atoms with Gasteiger partial charge in [-0.25, -0.2) is 4.79 Å². The zero-order valence-corrected chi connectivity index (χ0v) is 39.9. The van der Waals surface area contributed by atoms with Gasteiger partial charge in [0.1, 0.15) is 6.61 Å². The molecule has 6 heteroatoms. The maximum absolute atomic E-state index is 12.6. The molecule has 0 aromatic carbocycles. The number of unbranched alkanes of at least 4 members (excludes halogenated alkanes) is 31. The van der Waals surface area contributed by atoms with E-state index in [1.54, 1.807) is 7.11 Å². The Balaban J connectivity index is 4.24. The highest BCUT2D eigenvalue weighted by atomic mass is 16.6. The molecule has 1 N–H and O–H groups in total. The molecule has 0 fully saturated rings. The SMILES string of the molecule is CCCCCCCCCCCCCCCCCCCC(COC(=O)NCCC(C)(C)OCCC(C)(C)OC)OCCCCCCCCCCCCCCCCCC. The Morgan fingerprint density at radius 3 is 1.23 bits per heavy atom. The van der Waals surface area contributed by atoms with Crippen LogP contribution in [-0.4, -0.2) is 56.9 Å². The molecule has 6 nitrogen and oxygen atoms in total. The van der Waals surface area contributed by atoms with Gasteiger partial charge in [-0.15, -0.1) is 0 Å². The molecule has 0 aromatic heterocycles. The van der Waals surface area contributed by atoms with E-state index in [0.717, 1.165) is 32.3 Å². The zero-order valence-electron chi connectivity index (χ0n) is 39.9. The molecule has 0 bridgehead atoms. The van der Waals surface area contributed by atoms with Crippen molar-refractivity contribution in [2.45, 2.75) is 290 Å². The number of hydrogen-bond donors (Lipinski definition) is 1. The fourth-order valence-corrected chi connectivity index (χ4v) is 7.64. The standard InChI is InChI=1S/C51H103NO5/c1-8-10-12-14-16-18-20-22-24-26-27-29-31-33-35-37-39-41-48(47-56-49(53)52-44-42-51(5,6)57-46-43-50(3,4)54-7)55-45-40-38-36-34-32-30-28-25-23-21-19-17-15-13-11-9-2/h48H,8-47H2,1-7H3,(H,52,53). The number of ether oxygens (including phenoxy) is 4. The minimum absolute atomic E-state index is 0.0210. The van der Waals surface area contributed by atoms with Crippen LogP contribution in [0.4, 0.5) is 4.79 Å². The summed E-state index contributed by atoms with van der Waals surface area (Å²) in [6.07, 6.45) is 47.5. The van der Waals surface area contributed by atoms with Crippen molar-refractivity contribution in [2.75, 3.05) is 33.5 Å². The van der Waals surface area contributed by atoms with Crippen molar-refractivity contribution in [1.29, 1.82) is 0 Å². The van der Waals surface area contributed by atoms with Gasteiger partial charge in [-0.1, -0.05) is 219 Å². The van der Waals surface area contributed by atoms with Crippen LogP contribution in [0.1, 0.15) is 273 Å². The van der Waals surface area contributed by atoms with Crippen LogP contribution in [0.3, 0.4) is 0 Å². The summed E-state index contributed by atoms with van der Waals surface area (Å²) in [5, 5.41) is 2.94. The van der Waals surface area contributed by atoms with E-state index in [0.29, 0.717) is 26.2 Å². The van der Waals surface area contributed by atoms with Crippen molar-refractivity contribution in [3.63, 3.8) is 0 Å². The van der Waals surface area contributed by atoms with Gasteiger partial charge >= 0.3 is 6.09 Å². The summed E-state index contributed by atoms with van der Waals surface area (Å²) in [6, 6.07) is 0. The first kappa shape index (κ1) is 56.1. The summed E-state index contributed by atoms with van der Waals surface area (Å²) in [6.45, 7) is 15.1. The maximum atomic E-state index is 12.6. The summed E-state index contributed by atoms with van der Waals surface area (Å²) in [4.78, 5) is 12.6. The fourth-order valence-electron chi connectivity index (χ4n) is 7.64. The highest BCUT2D eigenvalue weighted by Crippen LogP contribution is 2.20. The third-order valence-corrected chi connectivity index (χ3v) is 12.1. The van der Waals surface area contributed by atoms with Crippen molar-refractivity contribution in [3.8, 4) is 0 Å². The van der Waals surface area contributed by atoms with Gasteiger partial charge < -0.3 is 24.3 Å². The van der Waals surface area contributed by atoms with Crippen LogP contribution in [0.15, 0.2) is 0 Å². The predicted octanol–water partition coefficient (Wildman–Crippen LogP) is 16.4. The van der Waals surface area contributed by atoms with Gasteiger partial charge in [0.15, 0.2) is 0 Å². The maximum Gasteiger partial charge on any atom is 0.407 e. The molecule has 0 radical (unpaired) electrons. The summed E-state index contributed by atoms with van der Waals surface area (Å²) in [5.74, 6) is 0. The van der Waals surface area contributed by atoms with E-state index >= 15 is 0 Å². The molecule has 0 saturated carbocycles. The number of nitrogens with one attached hydrogen (secondary N) is 1. The average molecular weight is 810 g/mol. The molecule has 1 amide bonds. The lowest BCUT2D eigenvalue weighted by Gasteiger charge is -2.29. The fraction of sp³-hybridized carbons (Fsp3) is 0.980. The molecular formula is C51H103NO5. The quantitative estimate of drug-likeness (QED) is 0.0621. The molecule has 57 heavy (non-hydrogen) atoms. The van der Waals surface area contributed by atoms with E-state index in [9.17, 15) is 4.79 Å². The van der Waals surface area contributed by atoms with E-state index in [1.165, 1.54) is 199 Å². The van der Waals surface area contributed by atoms with E-state index in [4.69, 9.17) is 18.9 Å². The average Bonchev–Trinajstić information content (AvgIpc) is 3.18. The van der Waals surface area contributed by atoms with Crippen LogP contribution in [0.5, 0.6) is 0 Å². The number of carbonyl (C=O) groups is 1. The van der Waals surface area contributed by atoms with Crippen molar-refractivity contribution in [3.05, 3.63) is 0 Å². The van der Waals surface area contributed by atoms with Gasteiger partial charge in [0.05, 0.1) is 23.9 Å². The molecule has 0 heterocycles. The first-order valence-electron chi connectivity index (χ1n) is 25.4. The Kier molecular flexibility index (Phi) is 41.2. The normalized spacial score (nSPS) is 12.7. The second-order valence-corrected chi connectivity index (χ2v) is 18.8. The zero-order chi connectivity index (χ0) is 42.0. The molecule has 1 unspecified atom stereocenters. The highest BCUT2D eigenvalue weighted by Gasteiger charge is 2.22. The van der Waals surface area contributed by atoms with E-state index in [2.05, 4.69) is 46.9 Å².